The van der Waals surface area contributed by atoms with Gasteiger partial charge in [0.15, 0.2) is 5.71 Å². The smallest absolute Gasteiger partial charge is 0.280 e. The highest BCUT2D eigenvalue weighted by Crippen LogP contribution is 2.13. The van der Waals surface area contributed by atoms with Crippen molar-refractivity contribution in [2.75, 3.05) is 13.6 Å². The number of carbonyl (C=O) groups is 2. The van der Waals surface area contributed by atoms with Gasteiger partial charge in [-0.15, -0.1) is 0 Å². The molecule has 1 aliphatic rings. The number of unbranched alkanes of at least 4 members (excludes halogenated alkanes) is 1. The van der Waals surface area contributed by atoms with Gasteiger partial charge in [0, 0.05) is 18.3 Å². The molecule has 1 aliphatic heterocycles. The number of hydrogen-bond donors (Lipinski definition) is 0. The fourth-order valence-electron chi connectivity index (χ4n) is 2.12. The lowest BCUT2D eigenvalue weighted by Crippen LogP contribution is -2.41. The van der Waals surface area contributed by atoms with Crippen molar-refractivity contribution in [1.29, 1.82) is 0 Å². The van der Waals surface area contributed by atoms with Gasteiger partial charge in [-0.2, -0.15) is 0 Å². The number of Topliss-reactive ketones (excluding diaryl/α,β-unsaturated/α-hetero) is 1. The Morgan fingerprint density at radius 2 is 2.05 bits per heavy atom. The zero-order valence-corrected chi connectivity index (χ0v) is 13.0. The van der Waals surface area contributed by atoms with E-state index in [1.807, 2.05) is 18.2 Å². The number of allylic oxidation sites excluding steroid dienone is 3. The Balaban J connectivity index is 2.18. The number of ketones is 1. The highest BCUT2D eigenvalue weighted by atomic mass is 16.2. The monoisotopic (exact) mass is 296 g/mol. The third kappa shape index (κ3) is 3.58. The van der Waals surface area contributed by atoms with Crippen LogP contribution in [0.15, 0.2) is 59.2 Å². The molecule has 4 heteroatoms. The third-order valence-corrected chi connectivity index (χ3v) is 3.47. The number of carbonyl (C=O) groups excluding carboxylic acids is 2. The second-order valence-corrected chi connectivity index (χ2v) is 5.10. The number of rotatable bonds is 5. The molecule has 0 bridgehead atoms. The molecular formula is C18H20N2O2. The van der Waals surface area contributed by atoms with Crippen LogP contribution in [0.25, 0.3) is 0 Å². The van der Waals surface area contributed by atoms with Gasteiger partial charge in [0.05, 0.1) is 6.54 Å². The van der Waals surface area contributed by atoms with Gasteiger partial charge in [-0.25, -0.2) is 0 Å². The summed E-state index contributed by atoms with van der Waals surface area (Å²) >= 11 is 0. The lowest BCUT2D eigenvalue weighted by molar-refractivity contribution is -0.121. The summed E-state index contributed by atoms with van der Waals surface area (Å²) in [4.78, 5) is 30.4. The molecule has 0 N–H and O–H groups in total. The van der Waals surface area contributed by atoms with Gasteiger partial charge in [-0.1, -0.05) is 55.8 Å². The Labute approximate surface area is 130 Å². The highest BCUT2D eigenvalue weighted by Gasteiger charge is 2.29. The second kappa shape index (κ2) is 7.50. The lowest BCUT2D eigenvalue weighted by atomic mass is 10.0. The van der Waals surface area contributed by atoms with Crippen LogP contribution in [0.2, 0.25) is 0 Å². The molecule has 0 fully saturated rings. The average molecular weight is 296 g/mol. The van der Waals surface area contributed by atoms with Crippen molar-refractivity contribution in [3.05, 3.63) is 59.8 Å². The average Bonchev–Trinajstić information content (AvgIpc) is 2.55. The van der Waals surface area contributed by atoms with Crippen molar-refractivity contribution in [3.8, 4) is 0 Å². The van der Waals surface area contributed by atoms with Crippen LogP contribution < -0.4 is 0 Å². The molecule has 1 amide bonds. The fraction of sp³-hybridized carbons (Fsp3) is 0.278. The van der Waals surface area contributed by atoms with Crippen LogP contribution >= 0.6 is 0 Å². The van der Waals surface area contributed by atoms with Crippen LogP contribution in [0, 0.1) is 0 Å². The molecule has 114 valence electrons. The topological polar surface area (TPSA) is 49.7 Å². The molecule has 0 spiro atoms. The summed E-state index contributed by atoms with van der Waals surface area (Å²) < 4.78 is 0. The number of hydrogen-bond acceptors (Lipinski definition) is 3. The van der Waals surface area contributed by atoms with E-state index in [0.29, 0.717) is 12.1 Å². The molecule has 0 aliphatic carbocycles. The zero-order valence-electron chi connectivity index (χ0n) is 13.0. The van der Waals surface area contributed by atoms with Crippen LogP contribution in [-0.4, -0.2) is 35.9 Å². The molecule has 0 unspecified atom stereocenters. The van der Waals surface area contributed by atoms with E-state index in [-0.39, 0.29) is 17.4 Å². The van der Waals surface area contributed by atoms with Gasteiger partial charge < -0.3 is 4.90 Å². The van der Waals surface area contributed by atoms with Gasteiger partial charge in [-0.3, -0.25) is 14.6 Å². The van der Waals surface area contributed by atoms with Gasteiger partial charge >= 0.3 is 0 Å². The van der Waals surface area contributed by atoms with Crippen molar-refractivity contribution in [2.45, 2.75) is 19.8 Å². The summed E-state index contributed by atoms with van der Waals surface area (Å²) in [5.41, 5.74) is 1.28. The first-order valence-electron chi connectivity index (χ1n) is 7.43. The molecule has 0 saturated heterocycles. The van der Waals surface area contributed by atoms with Crippen LogP contribution in [0.1, 0.15) is 30.1 Å². The van der Waals surface area contributed by atoms with E-state index in [4.69, 9.17) is 0 Å². The van der Waals surface area contributed by atoms with Crippen molar-refractivity contribution >= 4 is 17.4 Å². The van der Waals surface area contributed by atoms with Crippen LogP contribution in [-0.2, 0) is 4.79 Å². The predicted octanol–water partition coefficient (Wildman–Crippen LogP) is 3.02. The Morgan fingerprint density at radius 3 is 2.73 bits per heavy atom. The molecular weight excluding hydrogens is 276 g/mol. The van der Waals surface area contributed by atoms with E-state index in [0.717, 1.165) is 18.5 Å². The molecule has 0 aromatic heterocycles. The quantitative estimate of drug-likeness (QED) is 0.784. The van der Waals surface area contributed by atoms with Crippen LogP contribution in [0.5, 0.6) is 0 Å². The first-order chi connectivity index (χ1) is 10.6. The minimum Gasteiger partial charge on any atom is -0.312 e. The maximum Gasteiger partial charge on any atom is 0.280 e. The maximum atomic E-state index is 12.3. The van der Waals surface area contributed by atoms with E-state index >= 15 is 0 Å². The first kappa shape index (κ1) is 15.9. The zero-order chi connectivity index (χ0) is 15.9. The number of nitrogens with zero attached hydrogens (tertiary/aromatic N) is 2. The Hall–Kier alpha value is -2.49. The van der Waals surface area contributed by atoms with E-state index in [1.54, 1.807) is 31.3 Å². The first-order valence-corrected chi connectivity index (χ1v) is 7.43. The van der Waals surface area contributed by atoms with Gasteiger partial charge in [-0.05, 0) is 12.5 Å². The van der Waals surface area contributed by atoms with Crippen LogP contribution in [0.4, 0.5) is 0 Å². The standard InChI is InChI=1S/C18H20N2O2/c1-3-4-5-9-12-15-13-19-16(18(22)20(15)2)17(21)14-10-7-6-8-11-14/h5-12H,3-4,13H2,1-2H3/b9-5-,15-12+. The fourth-order valence-corrected chi connectivity index (χ4v) is 2.12. The molecule has 0 atom stereocenters. The summed E-state index contributed by atoms with van der Waals surface area (Å²) in [7, 11) is 1.68. The van der Waals surface area contributed by atoms with E-state index < -0.39 is 0 Å². The second-order valence-electron chi connectivity index (χ2n) is 5.10. The van der Waals surface area contributed by atoms with Crippen molar-refractivity contribution in [2.24, 2.45) is 4.99 Å². The predicted molar refractivity (Wildman–Crippen MR) is 88.0 cm³/mol. The molecule has 2 rings (SSSR count). The number of benzene rings is 1. The summed E-state index contributed by atoms with van der Waals surface area (Å²) in [5, 5.41) is 0. The van der Waals surface area contributed by atoms with Crippen LogP contribution in [0.3, 0.4) is 0 Å². The maximum absolute atomic E-state index is 12.3. The molecule has 1 heterocycles. The summed E-state index contributed by atoms with van der Waals surface area (Å²) in [5.74, 6) is -0.673. The van der Waals surface area contributed by atoms with Gasteiger partial charge in [0.2, 0.25) is 5.78 Å². The highest BCUT2D eigenvalue weighted by molar-refractivity contribution is 6.69. The minimum atomic E-state index is -0.352. The normalized spacial score (nSPS) is 17.2. The van der Waals surface area contributed by atoms with E-state index in [1.165, 1.54) is 4.90 Å². The Bertz CT molecular complexity index is 642. The van der Waals surface area contributed by atoms with Gasteiger partial charge in [0.25, 0.3) is 5.91 Å². The SMILES string of the molecule is CCC/C=C\C=C1/CN=C(C(=O)c2ccccc2)C(=O)N1C. The minimum absolute atomic E-state index is 0.00314. The molecule has 0 radical (unpaired) electrons. The molecule has 22 heavy (non-hydrogen) atoms. The van der Waals surface area contributed by atoms with Crippen molar-refractivity contribution in [1.82, 2.24) is 4.90 Å². The summed E-state index contributed by atoms with van der Waals surface area (Å²) in [6.07, 6.45) is 7.95. The number of likely N-dealkylation sites (N-methyl/N-ethyl adjacent to an activating group) is 1. The Kier molecular flexibility index (Phi) is 5.42. The third-order valence-electron chi connectivity index (χ3n) is 3.47. The van der Waals surface area contributed by atoms with E-state index in [9.17, 15) is 9.59 Å². The number of aliphatic imine (C=N–C) groups is 1. The van der Waals surface area contributed by atoms with Crippen molar-refractivity contribution < 1.29 is 9.59 Å². The summed E-state index contributed by atoms with van der Waals surface area (Å²) in [6.45, 7) is 2.45. The largest absolute Gasteiger partial charge is 0.312 e. The summed E-state index contributed by atoms with van der Waals surface area (Å²) in [6, 6.07) is 8.76. The van der Waals surface area contributed by atoms with E-state index in [2.05, 4.69) is 18.0 Å². The number of amides is 1. The molecule has 4 nitrogen and oxygen atoms in total. The Morgan fingerprint density at radius 1 is 1.32 bits per heavy atom. The molecule has 0 saturated carbocycles. The lowest BCUT2D eigenvalue weighted by Gasteiger charge is -2.24. The molecule has 1 aromatic rings. The van der Waals surface area contributed by atoms with Crippen molar-refractivity contribution in [3.63, 3.8) is 0 Å². The van der Waals surface area contributed by atoms with Gasteiger partial charge in [0.1, 0.15) is 0 Å². The molecule has 1 aromatic carbocycles.